The van der Waals surface area contributed by atoms with E-state index in [1.165, 1.54) is 11.3 Å². The van der Waals surface area contributed by atoms with Gasteiger partial charge in [0.2, 0.25) is 0 Å². The standard InChI is InChI=1S/C25H28N6OS/c1-16-10-18(19-11-22(28-14-27-19)30-23-13-31(5)15-29-23)7-6-17(16)8-9-20(32)21-12-26-24(33-21)25(2,3)4/h6-7,10-15H,8-9H2,1-5H3,(H,27,28,30). The van der Waals surface area contributed by atoms with E-state index >= 15 is 0 Å². The maximum absolute atomic E-state index is 12.7. The van der Waals surface area contributed by atoms with Crippen LogP contribution in [0.2, 0.25) is 0 Å². The molecule has 3 aromatic heterocycles. The predicted molar refractivity (Wildman–Crippen MR) is 132 cm³/mol. The number of aromatic nitrogens is 5. The Bertz CT molecular complexity index is 1280. The van der Waals surface area contributed by atoms with Crippen LogP contribution in [0.15, 0.2) is 49.3 Å². The van der Waals surface area contributed by atoms with E-state index in [2.05, 4.69) is 65.1 Å². The van der Waals surface area contributed by atoms with Crippen molar-refractivity contribution in [2.75, 3.05) is 5.32 Å². The van der Waals surface area contributed by atoms with Gasteiger partial charge < -0.3 is 9.88 Å². The molecule has 0 aliphatic rings. The number of Topliss-reactive ketones (excluding diaryl/α,β-unsaturated/α-hetero) is 1. The molecule has 0 saturated heterocycles. The SMILES string of the molecule is Cc1cc(-c2cc(Nc3cn(C)cn3)ncn2)ccc1CCC(=O)c1cnc(C(C)(C)C)s1. The molecule has 170 valence electrons. The van der Waals surface area contributed by atoms with Gasteiger partial charge in [-0.05, 0) is 30.5 Å². The zero-order valence-electron chi connectivity index (χ0n) is 19.6. The molecule has 0 spiro atoms. The fraction of sp³-hybridized carbons (Fsp3) is 0.320. The normalized spacial score (nSPS) is 11.5. The van der Waals surface area contributed by atoms with Gasteiger partial charge in [0.05, 0.1) is 21.9 Å². The third-order valence-corrected chi connectivity index (χ3v) is 6.77. The minimum Gasteiger partial charge on any atom is -0.338 e. The summed E-state index contributed by atoms with van der Waals surface area (Å²) in [6.07, 6.45) is 8.05. The summed E-state index contributed by atoms with van der Waals surface area (Å²) >= 11 is 1.50. The molecule has 0 saturated carbocycles. The molecule has 8 heteroatoms. The van der Waals surface area contributed by atoms with E-state index < -0.39 is 0 Å². The van der Waals surface area contributed by atoms with Crippen LogP contribution in [-0.2, 0) is 18.9 Å². The number of aryl methyl sites for hydroxylation is 3. The van der Waals surface area contributed by atoms with Gasteiger partial charge in [0.1, 0.15) is 18.0 Å². The van der Waals surface area contributed by atoms with Gasteiger partial charge in [-0.25, -0.2) is 19.9 Å². The van der Waals surface area contributed by atoms with Crippen LogP contribution in [0.5, 0.6) is 0 Å². The van der Waals surface area contributed by atoms with Crippen molar-refractivity contribution in [3.05, 3.63) is 70.3 Å². The first-order chi connectivity index (χ1) is 15.7. The van der Waals surface area contributed by atoms with E-state index in [0.717, 1.165) is 38.1 Å². The van der Waals surface area contributed by atoms with E-state index in [1.807, 2.05) is 29.9 Å². The monoisotopic (exact) mass is 460 g/mol. The Balaban J connectivity index is 1.43. The summed E-state index contributed by atoms with van der Waals surface area (Å²) in [7, 11) is 1.92. The molecule has 3 heterocycles. The molecule has 0 radical (unpaired) electrons. The number of hydrogen-bond donors (Lipinski definition) is 1. The first-order valence-corrected chi connectivity index (χ1v) is 11.7. The first kappa shape index (κ1) is 22.8. The second kappa shape index (κ2) is 9.23. The maximum atomic E-state index is 12.7. The minimum atomic E-state index is -0.0381. The number of carbonyl (C=O) groups is 1. The molecular weight excluding hydrogens is 432 g/mol. The summed E-state index contributed by atoms with van der Waals surface area (Å²) in [5.41, 5.74) is 4.09. The molecule has 0 unspecified atom stereocenters. The van der Waals surface area contributed by atoms with Crippen molar-refractivity contribution in [2.24, 2.45) is 7.05 Å². The topological polar surface area (TPSA) is 85.6 Å². The number of hydrogen-bond acceptors (Lipinski definition) is 7. The number of thiazole rings is 1. The van der Waals surface area contributed by atoms with Gasteiger partial charge in [-0.3, -0.25) is 4.79 Å². The van der Waals surface area contributed by atoms with Crippen molar-refractivity contribution in [2.45, 2.75) is 46.0 Å². The van der Waals surface area contributed by atoms with E-state index in [1.54, 1.807) is 18.9 Å². The van der Waals surface area contributed by atoms with Gasteiger partial charge in [-0.1, -0.05) is 32.9 Å². The number of carbonyl (C=O) groups excluding carboxylic acids is 1. The Hall–Kier alpha value is -3.39. The molecule has 0 atom stereocenters. The third-order valence-electron chi connectivity index (χ3n) is 5.31. The molecule has 0 aliphatic heterocycles. The second-order valence-electron chi connectivity index (χ2n) is 9.18. The quantitative estimate of drug-likeness (QED) is 0.367. The van der Waals surface area contributed by atoms with Gasteiger partial charge in [0, 0.05) is 42.9 Å². The lowest BCUT2D eigenvalue weighted by Gasteiger charge is -2.13. The lowest BCUT2D eigenvalue weighted by Crippen LogP contribution is -2.09. The number of ketones is 1. The Morgan fingerprint density at radius 1 is 1.09 bits per heavy atom. The summed E-state index contributed by atoms with van der Waals surface area (Å²) in [5, 5.41) is 4.19. The van der Waals surface area contributed by atoms with Crippen LogP contribution < -0.4 is 5.32 Å². The Morgan fingerprint density at radius 3 is 2.58 bits per heavy atom. The summed E-state index contributed by atoms with van der Waals surface area (Å²) in [5.74, 6) is 1.56. The highest BCUT2D eigenvalue weighted by molar-refractivity contribution is 7.13. The Kier molecular flexibility index (Phi) is 6.37. The van der Waals surface area contributed by atoms with Crippen molar-refractivity contribution in [1.82, 2.24) is 24.5 Å². The fourth-order valence-electron chi connectivity index (χ4n) is 3.45. The molecule has 33 heavy (non-hydrogen) atoms. The van der Waals surface area contributed by atoms with Crippen molar-refractivity contribution in [1.29, 1.82) is 0 Å². The number of nitrogens with zero attached hydrogens (tertiary/aromatic N) is 5. The van der Waals surface area contributed by atoms with Crippen molar-refractivity contribution < 1.29 is 4.79 Å². The predicted octanol–water partition coefficient (Wildman–Crippen LogP) is 5.50. The van der Waals surface area contributed by atoms with Crippen molar-refractivity contribution in [3.8, 4) is 11.3 Å². The second-order valence-corrected chi connectivity index (χ2v) is 10.2. The highest BCUT2D eigenvalue weighted by Crippen LogP contribution is 2.28. The zero-order valence-corrected chi connectivity index (χ0v) is 20.4. The average molecular weight is 461 g/mol. The molecule has 1 N–H and O–H groups in total. The van der Waals surface area contributed by atoms with Crippen LogP contribution in [0, 0.1) is 6.92 Å². The van der Waals surface area contributed by atoms with Crippen LogP contribution in [0.4, 0.5) is 11.6 Å². The average Bonchev–Trinajstić information content (AvgIpc) is 3.42. The Labute approximate surface area is 198 Å². The summed E-state index contributed by atoms with van der Waals surface area (Å²) in [4.78, 5) is 30.8. The molecule has 1 aromatic carbocycles. The smallest absolute Gasteiger partial charge is 0.174 e. The zero-order chi connectivity index (χ0) is 23.6. The first-order valence-electron chi connectivity index (χ1n) is 10.9. The van der Waals surface area contributed by atoms with Crippen LogP contribution in [0.1, 0.15) is 53.0 Å². The number of rotatable bonds is 7. The third kappa shape index (κ3) is 5.51. The molecule has 0 amide bonds. The van der Waals surface area contributed by atoms with Crippen LogP contribution in [-0.4, -0.2) is 30.3 Å². The summed E-state index contributed by atoms with van der Waals surface area (Å²) < 4.78 is 1.87. The summed E-state index contributed by atoms with van der Waals surface area (Å²) in [6.45, 7) is 8.41. The maximum Gasteiger partial charge on any atom is 0.174 e. The largest absolute Gasteiger partial charge is 0.338 e. The van der Waals surface area contributed by atoms with Gasteiger partial charge in [0.25, 0.3) is 0 Å². The van der Waals surface area contributed by atoms with E-state index in [-0.39, 0.29) is 11.2 Å². The van der Waals surface area contributed by atoms with Gasteiger partial charge in [-0.2, -0.15) is 0 Å². The molecule has 7 nitrogen and oxygen atoms in total. The van der Waals surface area contributed by atoms with Gasteiger partial charge >= 0.3 is 0 Å². The number of benzene rings is 1. The fourth-order valence-corrected chi connectivity index (χ4v) is 4.39. The van der Waals surface area contributed by atoms with Crippen LogP contribution >= 0.6 is 11.3 Å². The number of imidazole rings is 1. The highest BCUT2D eigenvalue weighted by Gasteiger charge is 2.20. The van der Waals surface area contributed by atoms with Crippen LogP contribution in [0.3, 0.4) is 0 Å². The number of nitrogens with one attached hydrogen (secondary N) is 1. The van der Waals surface area contributed by atoms with Crippen molar-refractivity contribution in [3.63, 3.8) is 0 Å². The Morgan fingerprint density at radius 2 is 1.91 bits per heavy atom. The molecule has 0 aliphatic carbocycles. The lowest BCUT2D eigenvalue weighted by atomic mass is 9.98. The molecule has 0 bridgehead atoms. The molecule has 4 rings (SSSR count). The number of anilines is 2. The van der Waals surface area contributed by atoms with Gasteiger partial charge in [0.15, 0.2) is 5.78 Å². The lowest BCUT2D eigenvalue weighted by molar-refractivity contribution is 0.0986. The van der Waals surface area contributed by atoms with Crippen LogP contribution in [0.25, 0.3) is 11.3 Å². The van der Waals surface area contributed by atoms with Crippen molar-refractivity contribution >= 4 is 28.8 Å². The van der Waals surface area contributed by atoms with Gasteiger partial charge in [-0.15, -0.1) is 11.3 Å². The summed E-state index contributed by atoms with van der Waals surface area (Å²) in [6, 6.07) is 8.14. The van der Waals surface area contributed by atoms with E-state index in [4.69, 9.17) is 0 Å². The minimum absolute atomic E-state index is 0.0381. The van der Waals surface area contributed by atoms with E-state index in [0.29, 0.717) is 18.7 Å². The highest BCUT2D eigenvalue weighted by atomic mass is 32.1. The molecular formula is C25H28N6OS. The van der Waals surface area contributed by atoms with E-state index in [9.17, 15) is 4.79 Å². The molecule has 0 fully saturated rings. The molecule has 4 aromatic rings.